The highest BCUT2D eigenvalue weighted by molar-refractivity contribution is 14.1. The fourth-order valence-electron chi connectivity index (χ4n) is 2.83. The van der Waals surface area contributed by atoms with Crippen LogP contribution in [-0.2, 0) is 14.4 Å². The first kappa shape index (κ1) is 24.3. The van der Waals surface area contributed by atoms with Gasteiger partial charge in [-0.1, -0.05) is 0 Å². The number of primary amides is 1. The lowest BCUT2D eigenvalue weighted by Gasteiger charge is -2.23. The van der Waals surface area contributed by atoms with Crippen LogP contribution in [0.1, 0.15) is 23.7 Å². The number of carbonyl (C=O) groups is 4. The molecule has 7 N–H and O–H groups in total. The Balaban J connectivity index is 2.51. The van der Waals surface area contributed by atoms with Gasteiger partial charge in [0.1, 0.15) is 12.1 Å². The van der Waals surface area contributed by atoms with Crippen LogP contribution in [0, 0.1) is 13.7 Å². The number of amides is 4. The van der Waals surface area contributed by atoms with Crippen LogP contribution in [0.4, 0.5) is 11.4 Å². The zero-order valence-corrected chi connectivity index (χ0v) is 18.5. The molecule has 14 heteroatoms. The van der Waals surface area contributed by atoms with Crippen molar-refractivity contribution in [2.45, 2.75) is 31.5 Å². The van der Waals surface area contributed by atoms with Gasteiger partial charge < -0.3 is 32.1 Å². The van der Waals surface area contributed by atoms with Gasteiger partial charge in [-0.2, -0.15) is 0 Å². The first-order chi connectivity index (χ1) is 14.5. The van der Waals surface area contributed by atoms with Crippen LogP contribution in [0.3, 0.4) is 0 Å². The molecule has 0 fully saturated rings. The second-order valence-corrected chi connectivity index (χ2v) is 7.92. The smallest absolute Gasteiger partial charge is 0.271 e. The summed E-state index contributed by atoms with van der Waals surface area (Å²) in [5, 5.41) is 31.1. The molecular weight excluding hydrogens is 527 g/mol. The number of hydrogen-bond acceptors (Lipinski definition) is 8. The number of non-ortho nitro benzene ring substituents is 1. The molecule has 0 bridgehead atoms. The summed E-state index contributed by atoms with van der Waals surface area (Å²) in [5.74, 6) is -3.19. The van der Waals surface area contributed by atoms with E-state index < -0.39 is 53.3 Å². The minimum Gasteiger partial charge on any atom is -0.391 e. The number of nitro benzene ring substituents is 1. The number of hydrogen-bond donors (Lipinski definition) is 6. The molecule has 2 rings (SSSR count). The number of fused-ring (bicyclic) bond motifs is 1. The van der Waals surface area contributed by atoms with Crippen LogP contribution >= 0.6 is 22.6 Å². The van der Waals surface area contributed by atoms with E-state index in [2.05, 4.69) is 21.3 Å². The number of halogens is 1. The van der Waals surface area contributed by atoms with Gasteiger partial charge >= 0.3 is 0 Å². The number of rotatable bonds is 3. The Morgan fingerprint density at radius 3 is 2.55 bits per heavy atom. The predicted octanol–water partition coefficient (Wildman–Crippen LogP) is -1.42. The molecular formula is C17H21IN6O7. The highest BCUT2D eigenvalue weighted by Gasteiger charge is 2.29. The molecule has 4 amide bonds. The van der Waals surface area contributed by atoms with E-state index in [-0.39, 0.29) is 29.9 Å². The van der Waals surface area contributed by atoms with E-state index in [1.165, 1.54) is 13.0 Å². The number of aliphatic hydroxyl groups is 1. The lowest BCUT2D eigenvalue weighted by Crippen LogP contribution is -2.55. The van der Waals surface area contributed by atoms with E-state index in [0.29, 0.717) is 3.57 Å². The number of nitro groups is 1. The molecule has 0 saturated heterocycles. The van der Waals surface area contributed by atoms with Crippen molar-refractivity contribution in [1.29, 1.82) is 0 Å². The molecule has 1 aromatic carbocycles. The van der Waals surface area contributed by atoms with Gasteiger partial charge in [-0.05, 0) is 35.9 Å². The van der Waals surface area contributed by atoms with E-state index in [4.69, 9.17) is 5.73 Å². The molecule has 1 aromatic rings. The lowest BCUT2D eigenvalue weighted by atomic mass is 10.1. The third kappa shape index (κ3) is 6.24. The van der Waals surface area contributed by atoms with E-state index >= 15 is 0 Å². The molecule has 0 spiro atoms. The second kappa shape index (κ2) is 10.3. The van der Waals surface area contributed by atoms with Gasteiger partial charge in [-0.15, -0.1) is 0 Å². The van der Waals surface area contributed by atoms with Crippen LogP contribution in [0.15, 0.2) is 12.1 Å². The number of nitrogens with two attached hydrogens (primary N) is 1. The number of benzene rings is 1. The topological polar surface area (TPSA) is 206 Å². The number of nitrogens with one attached hydrogen (secondary N) is 4. The summed E-state index contributed by atoms with van der Waals surface area (Å²) in [5.41, 5.74) is 5.06. The molecule has 1 aliphatic heterocycles. The lowest BCUT2D eigenvalue weighted by molar-refractivity contribution is -0.384. The first-order valence-electron chi connectivity index (χ1n) is 9.08. The summed E-state index contributed by atoms with van der Waals surface area (Å²) < 4.78 is 0.335. The van der Waals surface area contributed by atoms with Gasteiger partial charge in [-0.3, -0.25) is 29.3 Å². The van der Waals surface area contributed by atoms with Crippen molar-refractivity contribution in [2.24, 2.45) is 5.73 Å². The van der Waals surface area contributed by atoms with Crippen molar-refractivity contribution >= 4 is 57.6 Å². The summed E-state index contributed by atoms with van der Waals surface area (Å²) in [4.78, 5) is 59.5. The number of carbonyl (C=O) groups excluding carboxylic acids is 4. The average Bonchev–Trinajstić information content (AvgIpc) is 2.68. The van der Waals surface area contributed by atoms with Crippen molar-refractivity contribution in [3.05, 3.63) is 31.4 Å². The van der Waals surface area contributed by atoms with Gasteiger partial charge in [-0.25, -0.2) is 0 Å². The molecule has 1 heterocycles. The van der Waals surface area contributed by atoms with E-state index in [0.717, 1.165) is 6.07 Å². The monoisotopic (exact) mass is 548 g/mol. The SMILES string of the molecule is CC(O)[C@@H]1NC(=O)c2cc([N+](=O)[O-])cc(I)c2NCC[C@@H](C(N)=O)NC(=O)CNC1=O. The van der Waals surface area contributed by atoms with Crippen molar-refractivity contribution in [2.75, 3.05) is 18.4 Å². The summed E-state index contributed by atoms with van der Waals surface area (Å²) in [6.07, 6.45) is -1.29. The van der Waals surface area contributed by atoms with Crippen LogP contribution in [0.25, 0.3) is 0 Å². The zero-order chi connectivity index (χ0) is 23.3. The van der Waals surface area contributed by atoms with Crippen LogP contribution in [0.5, 0.6) is 0 Å². The van der Waals surface area contributed by atoms with E-state index in [1.54, 1.807) is 22.6 Å². The quantitative estimate of drug-likeness (QED) is 0.150. The molecule has 0 saturated carbocycles. The maximum Gasteiger partial charge on any atom is 0.271 e. The highest BCUT2D eigenvalue weighted by Crippen LogP contribution is 2.29. The molecule has 3 atom stereocenters. The van der Waals surface area contributed by atoms with Gasteiger partial charge in [0.15, 0.2) is 0 Å². The third-order valence-corrected chi connectivity index (χ3v) is 5.27. The second-order valence-electron chi connectivity index (χ2n) is 6.75. The summed E-state index contributed by atoms with van der Waals surface area (Å²) in [6.45, 7) is 0.830. The number of aliphatic hydroxyl groups excluding tert-OH is 1. The molecule has 1 aliphatic rings. The molecule has 13 nitrogen and oxygen atoms in total. The predicted molar refractivity (Wildman–Crippen MR) is 116 cm³/mol. The van der Waals surface area contributed by atoms with Gasteiger partial charge in [0.25, 0.3) is 11.6 Å². The van der Waals surface area contributed by atoms with Crippen molar-refractivity contribution < 1.29 is 29.2 Å². The molecule has 0 aliphatic carbocycles. The Morgan fingerprint density at radius 1 is 1.29 bits per heavy atom. The van der Waals surface area contributed by atoms with Crippen LogP contribution in [0.2, 0.25) is 0 Å². The maximum atomic E-state index is 12.9. The van der Waals surface area contributed by atoms with E-state index in [1.807, 2.05) is 0 Å². The van der Waals surface area contributed by atoms with E-state index in [9.17, 15) is 34.4 Å². The number of nitrogens with zero attached hydrogens (tertiary/aromatic N) is 1. The van der Waals surface area contributed by atoms with Gasteiger partial charge in [0.05, 0.1) is 28.8 Å². The Morgan fingerprint density at radius 2 is 1.97 bits per heavy atom. The normalized spacial score (nSPS) is 21.3. The maximum absolute atomic E-state index is 12.9. The largest absolute Gasteiger partial charge is 0.391 e. The van der Waals surface area contributed by atoms with Crippen LogP contribution < -0.4 is 27.0 Å². The van der Waals surface area contributed by atoms with Gasteiger partial charge in [0, 0.05) is 22.2 Å². The minimum atomic E-state index is -1.44. The summed E-state index contributed by atoms with van der Waals surface area (Å²) >= 11 is 1.80. The molecule has 0 radical (unpaired) electrons. The first-order valence-corrected chi connectivity index (χ1v) is 10.2. The third-order valence-electron chi connectivity index (χ3n) is 4.42. The minimum absolute atomic E-state index is 0.0550. The molecule has 1 unspecified atom stereocenters. The Kier molecular flexibility index (Phi) is 8.09. The Bertz CT molecular complexity index is 922. The Hall–Kier alpha value is -3.01. The average molecular weight is 548 g/mol. The zero-order valence-electron chi connectivity index (χ0n) is 16.3. The van der Waals surface area contributed by atoms with Crippen molar-refractivity contribution in [3.63, 3.8) is 0 Å². The Labute approximate surface area is 189 Å². The van der Waals surface area contributed by atoms with Crippen molar-refractivity contribution in [3.8, 4) is 0 Å². The van der Waals surface area contributed by atoms with Crippen LogP contribution in [-0.4, -0.2) is 64.9 Å². The molecule has 168 valence electrons. The summed E-state index contributed by atoms with van der Waals surface area (Å²) in [6, 6.07) is -0.217. The number of anilines is 1. The summed E-state index contributed by atoms with van der Waals surface area (Å²) in [7, 11) is 0. The van der Waals surface area contributed by atoms with Gasteiger partial charge in [0.2, 0.25) is 17.7 Å². The standard InChI is InChI=1S/C17H21IN6O7/c1-7(25)13-17(29)21-6-12(26)22-11(15(19)27)2-3-20-14-9(16(28)23-13)4-8(24(30)31)5-10(14)18/h4-5,7,11,13,20,25H,2-3,6H2,1H3,(H2,19,27)(H,21,29)(H,22,26)(H,23,28)/t7?,11-,13-/m0/s1. The highest BCUT2D eigenvalue weighted by atomic mass is 127. The van der Waals surface area contributed by atoms with Crippen molar-refractivity contribution in [1.82, 2.24) is 16.0 Å². The molecule has 31 heavy (non-hydrogen) atoms. The fraction of sp³-hybridized carbons (Fsp3) is 0.412. The molecule has 0 aromatic heterocycles. The fourth-order valence-corrected chi connectivity index (χ4v) is 3.63.